The number of fused-ring (bicyclic) bond motifs is 1. The summed E-state index contributed by atoms with van der Waals surface area (Å²) >= 11 is 0. The van der Waals surface area contributed by atoms with Crippen LogP contribution in [0, 0.1) is 5.82 Å². The van der Waals surface area contributed by atoms with Crippen molar-refractivity contribution in [3.8, 4) is 17.0 Å². The summed E-state index contributed by atoms with van der Waals surface area (Å²) in [5, 5.41) is 16.2. The van der Waals surface area contributed by atoms with Crippen LogP contribution in [0.15, 0.2) is 48.9 Å². The van der Waals surface area contributed by atoms with Crippen molar-refractivity contribution in [2.24, 2.45) is 0 Å². The molecule has 1 aromatic carbocycles. The van der Waals surface area contributed by atoms with Crippen molar-refractivity contribution in [2.45, 2.75) is 44.8 Å². The second kappa shape index (κ2) is 8.37. The van der Waals surface area contributed by atoms with E-state index in [9.17, 15) is 4.39 Å². The van der Waals surface area contributed by atoms with Crippen LogP contribution in [-0.4, -0.2) is 37.6 Å². The van der Waals surface area contributed by atoms with Gasteiger partial charge in [0.1, 0.15) is 11.5 Å². The SMILES string of the molecule is CCNc1cc2c(cn1)c(-c1cn[nH]c1)nn2C1CCC(Oc2ccccc2F)CC1. The van der Waals surface area contributed by atoms with Crippen LogP contribution in [0.25, 0.3) is 22.2 Å². The number of para-hydroxylation sites is 1. The number of pyridine rings is 1. The largest absolute Gasteiger partial charge is 0.487 e. The van der Waals surface area contributed by atoms with Crippen LogP contribution < -0.4 is 10.1 Å². The van der Waals surface area contributed by atoms with Gasteiger partial charge in [-0.25, -0.2) is 9.37 Å². The van der Waals surface area contributed by atoms with E-state index in [0.717, 1.165) is 60.2 Å². The summed E-state index contributed by atoms with van der Waals surface area (Å²) in [4.78, 5) is 4.54. The average Bonchev–Trinajstić information content (AvgIpc) is 3.44. The molecule has 0 atom stereocenters. The summed E-state index contributed by atoms with van der Waals surface area (Å²) in [5.74, 6) is 0.862. The fourth-order valence-electron chi connectivity index (χ4n) is 4.31. The first-order valence-electron chi connectivity index (χ1n) is 10.8. The maximum Gasteiger partial charge on any atom is 0.165 e. The van der Waals surface area contributed by atoms with E-state index < -0.39 is 0 Å². The number of aromatic amines is 1. The Kier molecular flexibility index (Phi) is 5.28. The molecule has 3 heterocycles. The third-order valence-corrected chi connectivity index (χ3v) is 5.84. The first-order valence-corrected chi connectivity index (χ1v) is 10.8. The Labute approximate surface area is 179 Å². The predicted molar refractivity (Wildman–Crippen MR) is 118 cm³/mol. The van der Waals surface area contributed by atoms with Crippen molar-refractivity contribution in [1.29, 1.82) is 0 Å². The fraction of sp³-hybridized carbons (Fsp3) is 0.348. The molecule has 2 N–H and O–H groups in total. The topological polar surface area (TPSA) is 80.7 Å². The number of ether oxygens (including phenoxy) is 1. The van der Waals surface area contributed by atoms with E-state index in [1.54, 1.807) is 24.4 Å². The number of nitrogens with zero attached hydrogens (tertiary/aromatic N) is 4. The highest BCUT2D eigenvalue weighted by Gasteiger charge is 2.27. The van der Waals surface area contributed by atoms with E-state index >= 15 is 0 Å². The van der Waals surface area contributed by atoms with Gasteiger partial charge in [0.15, 0.2) is 11.6 Å². The molecule has 3 aromatic heterocycles. The molecule has 8 heteroatoms. The van der Waals surface area contributed by atoms with E-state index in [4.69, 9.17) is 9.84 Å². The van der Waals surface area contributed by atoms with Gasteiger partial charge in [0.05, 0.1) is 23.9 Å². The molecule has 0 spiro atoms. The van der Waals surface area contributed by atoms with Gasteiger partial charge in [-0.1, -0.05) is 12.1 Å². The molecule has 0 bridgehead atoms. The number of halogens is 1. The number of nitrogens with one attached hydrogen (secondary N) is 2. The molecule has 4 aromatic rings. The quantitative estimate of drug-likeness (QED) is 0.461. The van der Waals surface area contributed by atoms with Crippen molar-refractivity contribution in [2.75, 3.05) is 11.9 Å². The lowest BCUT2D eigenvalue weighted by Crippen LogP contribution is -2.26. The van der Waals surface area contributed by atoms with E-state index in [-0.39, 0.29) is 18.0 Å². The minimum absolute atomic E-state index is 0.0160. The molecule has 160 valence electrons. The summed E-state index contributed by atoms with van der Waals surface area (Å²) in [5.41, 5.74) is 2.88. The van der Waals surface area contributed by atoms with Crippen LogP contribution in [0.3, 0.4) is 0 Å². The third-order valence-electron chi connectivity index (χ3n) is 5.84. The molecule has 31 heavy (non-hydrogen) atoms. The molecule has 1 aliphatic rings. The minimum Gasteiger partial charge on any atom is -0.487 e. The number of anilines is 1. The first kappa shape index (κ1) is 19.5. The van der Waals surface area contributed by atoms with Crippen molar-refractivity contribution in [3.05, 3.63) is 54.7 Å². The van der Waals surface area contributed by atoms with Crippen molar-refractivity contribution >= 4 is 16.7 Å². The molecule has 1 saturated carbocycles. The van der Waals surface area contributed by atoms with Gasteiger partial charge in [-0.2, -0.15) is 10.2 Å². The van der Waals surface area contributed by atoms with Crippen molar-refractivity contribution in [1.82, 2.24) is 25.0 Å². The highest BCUT2D eigenvalue weighted by Crippen LogP contribution is 2.36. The molecule has 1 fully saturated rings. The maximum absolute atomic E-state index is 13.9. The molecule has 7 nitrogen and oxygen atoms in total. The van der Waals surface area contributed by atoms with Crippen LogP contribution in [0.4, 0.5) is 10.2 Å². The van der Waals surface area contributed by atoms with Gasteiger partial charge in [0.25, 0.3) is 0 Å². The fourth-order valence-corrected chi connectivity index (χ4v) is 4.31. The highest BCUT2D eigenvalue weighted by molar-refractivity contribution is 5.93. The average molecular weight is 420 g/mol. The number of hydrogen-bond acceptors (Lipinski definition) is 5. The van der Waals surface area contributed by atoms with Gasteiger partial charge >= 0.3 is 0 Å². The summed E-state index contributed by atoms with van der Waals surface area (Å²) in [6, 6.07) is 8.92. The van der Waals surface area contributed by atoms with Crippen molar-refractivity contribution < 1.29 is 9.13 Å². The Morgan fingerprint density at radius 2 is 2.03 bits per heavy atom. The third kappa shape index (κ3) is 3.85. The molecular formula is C23H25FN6O. The van der Waals surface area contributed by atoms with Gasteiger partial charge in [0.2, 0.25) is 0 Å². The summed E-state index contributed by atoms with van der Waals surface area (Å²) in [6.45, 7) is 2.86. The molecule has 0 unspecified atom stereocenters. The normalized spacial score (nSPS) is 18.9. The van der Waals surface area contributed by atoms with Crippen molar-refractivity contribution in [3.63, 3.8) is 0 Å². The Morgan fingerprint density at radius 3 is 2.77 bits per heavy atom. The zero-order valence-corrected chi connectivity index (χ0v) is 17.4. The number of benzene rings is 1. The number of aromatic nitrogens is 5. The van der Waals surface area contributed by atoms with Crippen LogP contribution >= 0.6 is 0 Å². The Bertz CT molecular complexity index is 1160. The maximum atomic E-state index is 13.9. The smallest absolute Gasteiger partial charge is 0.165 e. The van der Waals surface area contributed by atoms with Crippen LogP contribution in [0.1, 0.15) is 38.6 Å². The van der Waals surface area contributed by atoms with Gasteiger partial charge in [-0.05, 0) is 44.7 Å². The lowest BCUT2D eigenvalue weighted by molar-refractivity contribution is 0.126. The summed E-state index contributed by atoms with van der Waals surface area (Å²) in [7, 11) is 0. The zero-order chi connectivity index (χ0) is 21.2. The lowest BCUT2D eigenvalue weighted by atomic mass is 9.93. The lowest BCUT2D eigenvalue weighted by Gasteiger charge is -2.29. The molecule has 0 saturated heterocycles. The minimum atomic E-state index is -0.309. The second-order valence-corrected chi connectivity index (χ2v) is 7.88. The van der Waals surface area contributed by atoms with Gasteiger partial charge in [0, 0.05) is 36.0 Å². The Balaban J connectivity index is 1.41. The van der Waals surface area contributed by atoms with Crippen LogP contribution in [0.2, 0.25) is 0 Å². The predicted octanol–water partition coefficient (Wildman–Crippen LogP) is 4.96. The molecule has 0 aliphatic heterocycles. The second-order valence-electron chi connectivity index (χ2n) is 7.88. The van der Waals surface area contributed by atoms with Crippen LogP contribution in [0.5, 0.6) is 5.75 Å². The molecule has 0 amide bonds. The Hall–Kier alpha value is -3.42. The zero-order valence-electron chi connectivity index (χ0n) is 17.4. The number of H-pyrrole nitrogens is 1. The van der Waals surface area contributed by atoms with Crippen LogP contribution in [-0.2, 0) is 0 Å². The van der Waals surface area contributed by atoms with Gasteiger partial charge in [-0.15, -0.1) is 0 Å². The number of rotatable bonds is 6. The van der Waals surface area contributed by atoms with E-state index in [1.165, 1.54) is 6.07 Å². The van der Waals surface area contributed by atoms with Gasteiger partial charge in [-0.3, -0.25) is 9.78 Å². The molecular weight excluding hydrogens is 395 g/mol. The molecule has 1 aliphatic carbocycles. The van der Waals surface area contributed by atoms with E-state index in [2.05, 4.69) is 38.2 Å². The summed E-state index contributed by atoms with van der Waals surface area (Å²) < 4.78 is 22.0. The molecule has 5 rings (SSSR count). The van der Waals surface area contributed by atoms with Gasteiger partial charge < -0.3 is 10.1 Å². The van der Waals surface area contributed by atoms with E-state index in [0.29, 0.717) is 5.75 Å². The first-order chi connectivity index (χ1) is 15.2. The Morgan fingerprint density at radius 1 is 1.19 bits per heavy atom. The monoisotopic (exact) mass is 420 g/mol. The number of hydrogen-bond donors (Lipinski definition) is 2. The standard InChI is InChI=1S/C23H25FN6O/c1-2-25-22-11-20-18(14-26-22)23(15-12-27-28-13-15)29-30(20)16-7-9-17(10-8-16)31-21-6-4-3-5-19(21)24/h3-6,11-14,16-17H,2,7-10H2,1H3,(H,25,26)(H,27,28). The highest BCUT2D eigenvalue weighted by atomic mass is 19.1. The molecule has 0 radical (unpaired) electrons. The summed E-state index contributed by atoms with van der Waals surface area (Å²) in [6.07, 6.45) is 9.07. The van der Waals surface area contributed by atoms with E-state index in [1.807, 2.05) is 12.4 Å².